The van der Waals surface area contributed by atoms with E-state index < -0.39 is 15.9 Å². The minimum absolute atomic E-state index is 0.139. The molecule has 6 nitrogen and oxygen atoms in total. The first-order valence-corrected chi connectivity index (χ1v) is 11.4. The lowest BCUT2D eigenvalue weighted by molar-refractivity contribution is -0.121. The zero-order valence-corrected chi connectivity index (χ0v) is 18.3. The van der Waals surface area contributed by atoms with Crippen molar-refractivity contribution in [2.24, 2.45) is 5.10 Å². The Morgan fingerprint density at radius 2 is 1.55 bits per heavy atom. The largest absolute Gasteiger partial charge is 0.272 e. The minimum Gasteiger partial charge on any atom is -0.272 e. The standard InChI is InChI=1S/C23H22ClN3O3S/c24-21-13-11-20(12-14-21)17-25-26-23(28)18-27(16-15-19-7-3-1-4-8-19)31(29,30)22-9-5-2-6-10-22/h1-14,17H,15-16,18H2,(H,26,28)/b25-17+. The zero-order valence-electron chi connectivity index (χ0n) is 16.7. The summed E-state index contributed by atoms with van der Waals surface area (Å²) in [4.78, 5) is 12.6. The summed E-state index contributed by atoms with van der Waals surface area (Å²) < 4.78 is 27.4. The molecule has 0 heterocycles. The van der Waals surface area contributed by atoms with Crippen LogP contribution < -0.4 is 5.43 Å². The molecule has 31 heavy (non-hydrogen) atoms. The van der Waals surface area contributed by atoms with Gasteiger partial charge in [-0.2, -0.15) is 9.41 Å². The predicted molar refractivity (Wildman–Crippen MR) is 123 cm³/mol. The third-order valence-corrected chi connectivity index (χ3v) is 6.58. The fourth-order valence-corrected chi connectivity index (χ4v) is 4.39. The normalized spacial score (nSPS) is 11.7. The fourth-order valence-electron chi connectivity index (χ4n) is 2.85. The number of rotatable bonds is 9. The molecular weight excluding hydrogens is 434 g/mol. The van der Waals surface area contributed by atoms with Crippen molar-refractivity contribution in [3.63, 3.8) is 0 Å². The Bertz CT molecular complexity index is 1120. The van der Waals surface area contributed by atoms with Crippen LogP contribution in [0, 0.1) is 0 Å². The van der Waals surface area contributed by atoms with Crippen LogP contribution in [0.3, 0.4) is 0 Å². The molecule has 0 fully saturated rings. The average Bonchev–Trinajstić information content (AvgIpc) is 2.79. The van der Waals surface area contributed by atoms with Crippen LogP contribution in [0.1, 0.15) is 11.1 Å². The number of benzene rings is 3. The quantitative estimate of drug-likeness (QED) is 0.394. The second-order valence-corrected chi connectivity index (χ2v) is 9.11. The summed E-state index contributed by atoms with van der Waals surface area (Å²) in [6.07, 6.45) is 1.95. The minimum atomic E-state index is -3.84. The summed E-state index contributed by atoms with van der Waals surface area (Å²) in [5.41, 5.74) is 4.13. The van der Waals surface area contributed by atoms with Crippen molar-refractivity contribution >= 4 is 33.7 Å². The Kier molecular flexibility index (Phi) is 7.94. The summed E-state index contributed by atoms with van der Waals surface area (Å²) in [6, 6.07) is 24.5. The maximum absolute atomic E-state index is 13.1. The lowest BCUT2D eigenvalue weighted by atomic mass is 10.1. The van der Waals surface area contributed by atoms with E-state index in [4.69, 9.17) is 11.6 Å². The van der Waals surface area contributed by atoms with Crippen molar-refractivity contribution in [1.29, 1.82) is 0 Å². The van der Waals surface area contributed by atoms with E-state index in [0.29, 0.717) is 11.4 Å². The second-order valence-electron chi connectivity index (χ2n) is 6.73. The van der Waals surface area contributed by atoms with Crippen LogP contribution in [0.2, 0.25) is 5.02 Å². The van der Waals surface area contributed by atoms with Gasteiger partial charge in [0, 0.05) is 11.6 Å². The van der Waals surface area contributed by atoms with Crippen LogP contribution in [-0.2, 0) is 21.2 Å². The number of nitrogens with zero attached hydrogens (tertiary/aromatic N) is 2. The number of halogens is 1. The number of amides is 1. The second kappa shape index (κ2) is 10.9. The SMILES string of the molecule is O=C(CN(CCc1ccccc1)S(=O)(=O)c1ccccc1)N/N=C/c1ccc(Cl)cc1. The van der Waals surface area contributed by atoms with Crippen LogP contribution in [0.25, 0.3) is 0 Å². The Hall–Kier alpha value is -3.00. The molecule has 0 saturated carbocycles. The van der Waals surface area contributed by atoms with Gasteiger partial charge in [0.15, 0.2) is 0 Å². The van der Waals surface area contributed by atoms with Crippen LogP contribution in [0.4, 0.5) is 0 Å². The van der Waals surface area contributed by atoms with Crippen LogP contribution in [-0.4, -0.2) is 37.9 Å². The highest BCUT2D eigenvalue weighted by Gasteiger charge is 2.26. The molecule has 0 aromatic heterocycles. The van der Waals surface area contributed by atoms with Crippen molar-refractivity contribution in [3.8, 4) is 0 Å². The number of nitrogens with one attached hydrogen (secondary N) is 1. The van der Waals surface area contributed by atoms with E-state index in [1.807, 2.05) is 30.3 Å². The highest BCUT2D eigenvalue weighted by Crippen LogP contribution is 2.16. The summed E-state index contributed by atoms with van der Waals surface area (Å²) in [5, 5.41) is 4.51. The Balaban J connectivity index is 1.70. The van der Waals surface area contributed by atoms with E-state index in [9.17, 15) is 13.2 Å². The number of carbonyl (C=O) groups is 1. The van der Waals surface area contributed by atoms with Crippen LogP contribution in [0.5, 0.6) is 0 Å². The number of sulfonamides is 1. The molecule has 0 bridgehead atoms. The monoisotopic (exact) mass is 455 g/mol. The topological polar surface area (TPSA) is 78.8 Å². The van der Waals surface area contributed by atoms with Gasteiger partial charge in [-0.25, -0.2) is 13.8 Å². The lowest BCUT2D eigenvalue weighted by Crippen LogP contribution is -2.40. The molecule has 0 atom stereocenters. The molecular formula is C23H22ClN3O3S. The highest BCUT2D eigenvalue weighted by molar-refractivity contribution is 7.89. The molecule has 0 aliphatic heterocycles. The van der Waals surface area contributed by atoms with E-state index >= 15 is 0 Å². The van der Waals surface area contributed by atoms with Gasteiger partial charge in [0.05, 0.1) is 17.7 Å². The molecule has 160 valence electrons. The molecule has 0 aliphatic rings. The molecule has 0 spiro atoms. The van der Waals surface area contributed by atoms with Crippen molar-refractivity contribution in [2.75, 3.05) is 13.1 Å². The Morgan fingerprint density at radius 3 is 2.19 bits per heavy atom. The molecule has 3 aromatic rings. The first kappa shape index (κ1) is 22.7. The number of hydrogen-bond donors (Lipinski definition) is 1. The third kappa shape index (κ3) is 6.75. The molecule has 1 amide bonds. The molecule has 3 aromatic carbocycles. The van der Waals surface area contributed by atoms with Crippen molar-refractivity contribution < 1.29 is 13.2 Å². The van der Waals surface area contributed by atoms with Gasteiger partial charge >= 0.3 is 0 Å². The molecule has 0 unspecified atom stereocenters. The zero-order chi connectivity index (χ0) is 22.1. The van der Waals surface area contributed by atoms with Gasteiger partial charge in [-0.1, -0.05) is 72.3 Å². The van der Waals surface area contributed by atoms with Crippen molar-refractivity contribution in [3.05, 3.63) is 101 Å². The van der Waals surface area contributed by atoms with Gasteiger partial charge in [-0.15, -0.1) is 0 Å². The van der Waals surface area contributed by atoms with E-state index in [2.05, 4.69) is 10.5 Å². The summed E-state index contributed by atoms with van der Waals surface area (Å²) in [7, 11) is -3.84. The first-order chi connectivity index (χ1) is 14.9. The maximum atomic E-state index is 13.1. The maximum Gasteiger partial charge on any atom is 0.255 e. The lowest BCUT2D eigenvalue weighted by Gasteiger charge is -2.21. The van der Waals surface area contributed by atoms with Gasteiger partial charge in [0.2, 0.25) is 10.0 Å². The van der Waals surface area contributed by atoms with Gasteiger partial charge in [-0.3, -0.25) is 4.79 Å². The van der Waals surface area contributed by atoms with E-state index in [0.717, 1.165) is 11.1 Å². The summed E-state index contributed by atoms with van der Waals surface area (Å²) in [5.74, 6) is -0.530. The van der Waals surface area contributed by atoms with Gasteiger partial charge < -0.3 is 0 Å². The molecule has 0 radical (unpaired) electrons. The summed E-state index contributed by atoms with van der Waals surface area (Å²) in [6.45, 7) is -0.183. The van der Waals surface area contributed by atoms with E-state index in [1.54, 1.807) is 42.5 Å². The number of carbonyl (C=O) groups excluding carboxylic acids is 1. The van der Waals surface area contributed by atoms with Gasteiger partial charge in [-0.05, 0) is 41.8 Å². The predicted octanol–water partition coefficient (Wildman–Crippen LogP) is 3.72. The fraction of sp³-hybridized carbons (Fsp3) is 0.130. The highest BCUT2D eigenvalue weighted by atomic mass is 35.5. The van der Waals surface area contributed by atoms with Crippen LogP contribution in [0.15, 0.2) is 94.9 Å². The average molecular weight is 456 g/mol. The summed E-state index contributed by atoms with van der Waals surface area (Å²) >= 11 is 5.84. The third-order valence-electron chi connectivity index (χ3n) is 4.47. The van der Waals surface area contributed by atoms with Gasteiger partial charge in [0.1, 0.15) is 0 Å². The molecule has 8 heteroatoms. The molecule has 3 rings (SSSR count). The molecule has 1 N–H and O–H groups in total. The number of hydrazone groups is 1. The molecule has 0 saturated heterocycles. The first-order valence-electron chi connectivity index (χ1n) is 9.62. The Morgan fingerprint density at radius 1 is 0.935 bits per heavy atom. The van der Waals surface area contributed by atoms with Gasteiger partial charge in [0.25, 0.3) is 5.91 Å². The number of hydrogen-bond acceptors (Lipinski definition) is 4. The van der Waals surface area contributed by atoms with E-state index in [1.165, 1.54) is 22.7 Å². The molecule has 0 aliphatic carbocycles. The van der Waals surface area contributed by atoms with E-state index in [-0.39, 0.29) is 18.0 Å². The smallest absolute Gasteiger partial charge is 0.255 e. The Labute approximate surface area is 187 Å². The van der Waals surface area contributed by atoms with Crippen molar-refractivity contribution in [2.45, 2.75) is 11.3 Å². The van der Waals surface area contributed by atoms with Crippen LogP contribution >= 0.6 is 11.6 Å². The van der Waals surface area contributed by atoms with Crippen molar-refractivity contribution in [1.82, 2.24) is 9.73 Å².